The molecule has 2 nitrogen and oxygen atoms in total. The molecule has 0 aromatic carbocycles. The highest BCUT2D eigenvalue weighted by molar-refractivity contribution is 8.01. The third-order valence-electron chi connectivity index (χ3n) is 2.16. The summed E-state index contributed by atoms with van der Waals surface area (Å²) in [6.07, 6.45) is 8.50. The van der Waals surface area contributed by atoms with Gasteiger partial charge in [0, 0.05) is 5.41 Å². The van der Waals surface area contributed by atoms with Crippen LogP contribution in [0, 0.1) is 5.92 Å². The number of hydrogen-bond acceptors (Lipinski definition) is 3. The monoisotopic (exact) mass is 218 g/mol. The standard InChI is InChI=1S/C11H22O2S/c1-4-6-7-11(5-2)10-13-12-8-9-14-3/h8-9,11H,4-7,10H2,1-3H3/b9-8+. The van der Waals surface area contributed by atoms with Crippen LogP contribution in [0.2, 0.25) is 0 Å². The third kappa shape index (κ3) is 8.45. The molecule has 3 heteroatoms. The lowest BCUT2D eigenvalue weighted by Gasteiger charge is -2.12. The molecule has 0 fully saturated rings. The first kappa shape index (κ1) is 13.8. The summed E-state index contributed by atoms with van der Waals surface area (Å²) in [6.45, 7) is 5.11. The van der Waals surface area contributed by atoms with Crippen LogP contribution in [-0.2, 0) is 9.78 Å². The zero-order valence-electron chi connectivity index (χ0n) is 9.49. The summed E-state index contributed by atoms with van der Waals surface area (Å²) in [5.74, 6) is 0.637. The second-order valence-corrected chi connectivity index (χ2v) is 4.05. The second kappa shape index (κ2) is 10.9. The summed E-state index contributed by atoms with van der Waals surface area (Å²) in [6, 6.07) is 0. The van der Waals surface area contributed by atoms with E-state index in [1.54, 1.807) is 18.0 Å². The first-order valence-corrected chi connectivity index (χ1v) is 6.60. The van der Waals surface area contributed by atoms with E-state index in [9.17, 15) is 0 Å². The zero-order valence-corrected chi connectivity index (χ0v) is 10.3. The molecule has 1 unspecified atom stereocenters. The van der Waals surface area contributed by atoms with Crippen molar-refractivity contribution in [3.63, 3.8) is 0 Å². The second-order valence-electron chi connectivity index (χ2n) is 3.31. The lowest BCUT2D eigenvalue weighted by atomic mass is 10.0. The van der Waals surface area contributed by atoms with Crippen molar-refractivity contribution in [3.05, 3.63) is 11.7 Å². The highest BCUT2D eigenvalue weighted by Gasteiger charge is 2.05. The first-order valence-electron chi connectivity index (χ1n) is 5.31. The summed E-state index contributed by atoms with van der Waals surface area (Å²) in [5.41, 5.74) is 0. The van der Waals surface area contributed by atoms with Crippen molar-refractivity contribution in [3.8, 4) is 0 Å². The van der Waals surface area contributed by atoms with Crippen LogP contribution in [-0.4, -0.2) is 12.9 Å². The molecule has 0 aromatic heterocycles. The van der Waals surface area contributed by atoms with Crippen LogP contribution < -0.4 is 0 Å². The quantitative estimate of drug-likeness (QED) is 0.252. The minimum atomic E-state index is 0.637. The molecule has 0 aliphatic rings. The van der Waals surface area contributed by atoms with Gasteiger partial charge in [-0.2, -0.15) is 4.89 Å². The van der Waals surface area contributed by atoms with Gasteiger partial charge in [0.15, 0.2) is 0 Å². The Morgan fingerprint density at radius 3 is 2.71 bits per heavy atom. The van der Waals surface area contributed by atoms with Gasteiger partial charge in [0.2, 0.25) is 0 Å². The molecule has 1 atom stereocenters. The van der Waals surface area contributed by atoms with E-state index in [0.29, 0.717) is 12.5 Å². The fourth-order valence-electron chi connectivity index (χ4n) is 1.15. The molecule has 0 N–H and O–H groups in total. The van der Waals surface area contributed by atoms with Crippen molar-refractivity contribution in [1.29, 1.82) is 0 Å². The smallest absolute Gasteiger partial charge is 0.135 e. The summed E-state index contributed by atoms with van der Waals surface area (Å²) in [4.78, 5) is 9.97. The van der Waals surface area contributed by atoms with Crippen LogP contribution in [0.5, 0.6) is 0 Å². The van der Waals surface area contributed by atoms with Crippen molar-refractivity contribution >= 4 is 11.8 Å². The highest BCUT2D eigenvalue weighted by Crippen LogP contribution is 2.12. The number of hydrogen-bond donors (Lipinski definition) is 0. The third-order valence-corrected chi connectivity index (χ3v) is 2.55. The molecule has 0 bridgehead atoms. The maximum atomic E-state index is 5.09. The molecule has 0 heterocycles. The van der Waals surface area contributed by atoms with Crippen LogP contribution in [0.3, 0.4) is 0 Å². The molecule has 0 aromatic rings. The maximum Gasteiger partial charge on any atom is 0.135 e. The SMILES string of the molecule is CCCCC(CC)COO/C=C/SC. The molecule has 0 saturated heterocycles. The van der Waals surface area contributed by atoms with Gasteiger partial charge >= 0.3 is 0 Å². The van der Waals surface area contributed by atoms with Gasteiger partial charge in [0.25, 0.3) is 0 Å². The van der Waals surface area contributed by atoms with Crippen LogP contribution in [0.25, 0.3) is 0 Å². The Morgan fingerprint density at radius 2 is 2.14 bits per heavy atom. The highest BCUT2D eigenvalue weighted by atomic mass is 32.2. The van der Waals surface area contributed by atoms with Gasteiger partial charge in [-0.25, -0.2) is 0 Å². The summed E-state index contributed by atoms with van der Waals surface area (Å²) in [7, 11) is 0. The Bertz CT molecular complexity index is 137. The van der Waals surface area contributed by atoms with Crippen molar-refractivity contribution in [2.75, 3.05) is 12.9 Å². The van der Waals surface area contributed by atoms with Crippen LogP contribution in [0.4, 0.5) is 0 Å². The topological polar surface area (TPSA) is 18.5 Å². The van der Waals surface area contributed by atoms with E-state index in [1.807, 2.05) is 11.7 Å². The van der Waals surface area contributed by atoms with Crippen molar-refractivity contribution in [1.82, 2.24) is 0 Å². The van der Waals surface area contributed by atoms with Crippen LogP contribution in [0.1, 0.15) is 39.5 Å². The van der Waals surface area contributed by atoms with E-state index in [1.165, 1.54) is 19.3 Å². The van der Waals surface area contributed by atoms with E-state index in [4.69, 9.17) is 9.78 Å². The minimum absolute atomic E-state index is 0.637. The van der Waals surface area contributed by atoms with Gasteiger partial charge in [-0.15, -0.1) is 11.8 Å². The number of rotatable bonds is 9. The molecule has 84 valence electrons. The van der Waals surface area contributed by atoms with Gasteiger partial charge in [0.1, 0.15) is 6.26 Å². The zero-order chi connectivity index (χ0) is 10.6. The molecule has 0 rings (SSSR count). The van der Waals surface area contributed by atoms with Crippen molar-refractivity contribution in [2.24, 2.45) is 5.92 Å². The van der Waals surface area contributed by atoms with Crippen molar-refractivity contribution in [2.45, 2.75) is 39.5 Å². The lowest BCUT2D eigenvalue weighted by molar-refractivity contribution is -0.257. The Kier molecular flexibility index (Phi) is 10.8. The Labute approximate surface area is 92.0 Å². The van der Waals surface area contributed by atoms with E-state index in [2.05, 4.69) is 13.8 Å². The maximum absolute atomic E-state index is 5.09. The molecule has 0 saturated carbocycles. The summed E-state index contributed by atoms with van der Waals surface area (Å²) >= 11 is 1.59. The fourth-order valence-corrected chi connectivity index (χ4v) is 1.31. The molecular formula is C11H22O2S. The molecule has 0 aliphatic heterocycles. The average molecular weight is 218 g/mol. The van der Waals surface area contributed by atoms with Gasteiger partial charge in [-0.1, -0.05) is 33.1 Å². The average Bonchev–Trinajstić information content (AvgIpc) is 2.22. The first-order chi connectivity index (χ1) is 6.85. The molecule has 14 heavy (non-hydrogen) atoms. The lowest BCUT2D eigenvalue weighted by Crippen LogP contribution is -2.07. The number of unbranched alkanes of at least 4 members (excludes halogenated alkanes) is 1. The Morgan fingerprint density at radius 1 is 1.36 bits per heavy atom. The molecular weight excluding hydrogens is 196 g/mol. The molecule has 0 amide bonds. The molecule has 0 spiro atoms. The molecule has 0 aliphatic carbocycles. The minimum Gasteiger partial charge on any atom is -0.345 e. The van der Waals surface area contributed by atoms with Crippen molar-refractivity contribution < 1.29 is 9.78 Å². The predicted octanol–water partition coefficient (Wildman–Crippen LogP) is 3.99. The van der Waals surface area contributed by atoms with E-state index in [-0.39, 0.29) is 0 Å². The van der Waals surface area contributed by atoms with Crippen LogP contribution in [0.15, 0.2) is 11.7 Å². The van der Waals surface area contributed by atoms with E-state index >= 15 is 0 Å². The van der Waals surface area contributed by atoms with Gasteiger partial charge in [-0.05, 0) is 18.6 Å². The predicted molar refractivity (Wildman–Crippen MR) is 63.0 cm³/mol. The van der Waals surface area contributed by atoms with Gasteiger partial charge in [0.05, 0.1) is 6.61 Å². The summed E-state index contributed by atoms with van der Waals surface area (Å²) < 4.78 is 0. The Balaban J connectivity index is 3.37. The summed E-state index contributed by atoms with van der Waals surface area (Å²) in [5, 5.41) is 1.85. The van der Waals surface area contributed by atoms with Gasteiger partial charge < -0.3 is 4.89 Å². The largest absolute Gasteiger partial charge is 0.345 e. The fraction of sp³-hybridized carbons (Fsp3) is 0.818. The van der Waals surface area contributed by atoms with E-state index in [0.717, 1.165) is 6.42 Å². The number of thioether (sulfide) groups is 1. The van der Waals surface area contributed by atoms with Gasteiger partial charge in [-0.3, -0.25) is 0 Å². The van der Waals surface area contributed by atoms with E-state index < -0.39 is 0 Å². The normalized spacial score (nSPS) is 13.4. The molecule has 0 radical (unpaired) electrons. The Hall–Kier alpha value is -0.150. The van der Waals surface area contributed by atoms with Crippen LogP contribution >= 0.6 is 11.8 Å².